The number of amides is 1. The van der Waals surface area contributed by atoms with Crippen molar-refractivity contribution < 1.29 is 19.0 Å². The van der Waals surface area contributed by atoms with E-state index in [1.54, 1.807) is 19.2 Å². The lowest BCUT2D eigenvalue weighted by Crippen LogP contribution is -2.27. The number of methoxy groups -OCH3 is 1. The second kappa shape index (κ2) is 7.81. The maximum absolute atomic E-state index is 11.8. The van der Waals surface area contributed by atoms with Crippen molar-refractivity contribution in [1.82, 2.24) is 10.3 Å². The minimum atomic E-state index is -0.160. The third-order valence-electron chi connectivity index (χ3n) is 3.05. The average Bonchev–Trinajstić information content (AvgIpc) is 2.49. The van der Waals surface area contributed by atoms with Crippen LogP contribution in [0.25, 0.3) is 0 Å². The van der Waals surface area contributed by atoms with Crippen molar-refractivity contribution in [2.24, 2.45) is 0 Å². The van der Waals surface area contributed by atoms with E-state index < -0.39 is 0 Å². The maximum Gasteiger partial charge on any atom is 0.252 e. The Morgan fingerprint density at radius 1 is 1.45 bits per heavy atom. The van der Waals surface area contributed by atoms with E-state index in [0.717, 1.165) is 26.1 Å². The highest BCUT2D eigenvalue weighted by molar-refractivity contribution is 5.93. The van der Waals surface area contributed by atoms with E-state index in [2.05, 4.69) is 10.3 Å². The first-order valence-electron chi connectivity index (χ1n) is 6.77. The van der Waals surface area contributed by atoms with Gasteiger partial charge in [0.2, 0.25) is 5.88 Å². The Hall–Kier alpha value is -1.66. The summed E-state index contributed by atoms with van der Waals surface area (Å²) in [6.07, 6.45) is 3.43. The number of nitrogens with zero attached hydrogens (tertiary/aromatic N) is 1. The van der Waals surface area contributed by atoms with Crippen molar-refractivity contribution >= 4 is 5.91 Å². The van der Waals surface area contributed by atoms with Crippen molar-refractivity contribution in [1.29, 1.82) is 0 Å². The molecule has 1 aromatic rings. The van der Waals surface area contributed by atoms with Gasteiger partial charge in [0.1, 0.15) is 6.10 Å². The van der Waals surface area contributed by atoms with Crippen LogP contribution < -0.4 is 10.1 Å². The first-order valence-corrected chi connectivity index (χ1v) is 6.77. The fourth-order valence-electron chi connectivity index (χ4n) is 1.92. The zero-order valence-corrected chi connectivity index (χ0v) is 11.6. The van der Waals surface area contributed by atoms with E-state index >= 15 is 0 Å². The predicted molar refractivity (Wildman–Crippen MR) is 72.9 cm³/mol. The van der Waals surface area contributed by atoms with Crippen LogP contribution in [0.2, 0.25) is 0 Å². The molecule has 0 aromatic carbocycles. The van der Waals surface area contributed by atoms with Crippen molar-refractivity contribution in [3.8, 4) is 5.88 Å². The van der Waals surface area contributed by atoms with Crippen molar-refractivity contribution in [3.05, 3.63) is 23.9 Å². The van der Waals surface area contributed by atoms with Crippen LogP contribution in [0.15, 0.2) is 18.3 Å². The topological polar surface area (TPSA) is 69.7 Å². The Balaban J connectivity index is 1.83. The molecule has 0 saturated carbocycles. The van der Waals surface area contributed by atoms with E-state index in [9.17, 15) is 4.79 Å². The molecule has 0 atom stereocenters. The van der Waals surface area contributed by atoms with Gasteiger partial charge in [0, 0.05) is 38.8 Å². The molecule has 1 saturated heterocycles. The molecule has 2 heterocycles. The molecule has 0 bridgehead atoms. The summed E-state index contributed by atoms with van der Waals surface area (Å²) in [7, 11) is 1.59. The van der Waals surface area contributed by atoms with E-state index in [1.165, 1.54) is 6.20 Å². The summed E-state index contributed by atoms with van der Waals surface area (Å²) in [5.74, 6) is 0.387. The molecule has 0 radical (unpaired) electrons. The molecular weight excluding hydrogens is 260 g/mol. The molecule has 1 N–H and O–H groups in total. The molecule has 1 aliphatic rings. The Morgan fingerprint density at radius 3 is 2.90 bits per heavy atom. The summed E-state index contributed by atoms with van der Waals surface area (Å²) in [6.45, 7) is 2.43. The van der Waals surface area contributed by atoms with Gasteiger partial charge in [-0.05, 0) is 6.07 Å². The largest absolute Gasteiger partial charge is 0.474 e. The molecular formula is C14H20N2O4. The Labute approximate surface area is 118 Å². The van der Waals surface area contributed by atoms with Crippen LogP contribution in [0.5, 0.6) is 5.88 Å². The molecule has 0 unspecified atom stereocenters. The first-order chi connectivity index (χ1) is 9.79. The SMILES string of the molecule is COCCNC(=O)c1ccc(OC2CCOCC2)nc1. The molecule has 1 aliphatic heterocycles. The second-order valence-electron chi connectivity index (χ2n) is 4.56. The third-order valence-corrected chi connectivity index (χ3v) is 3.05. The predicted octanol–water partition coefficient (Wildman–Crippen LogP) is 1.02. The summed E-state index contributed by atoms with van der Waals surface area (Å²) in [6, 6.07) is 3.44. The number of rotatable bonds is 6. The van der Waals surface area contributed by atoms with Crippen LogP contribution in [0.4, 0.5) is 0 Å². The monoisotopic (exact) mass is 280 g/mol. The zero-order valence-electron chi connectivity index (χ0n) is 11.6. The van der Waals surface area contributed by atoms with E-state index in [1.807, 2.05) is 0 Å². The highest BCUT2D eigenvalue weighted by Crippen LogP contribution is 2.15. The molecule has 110 valence electrons. The molecule has 1 fully saturated rings. The van der Waals surface area contributed by atoms with Gasteiger partial charge < -0.3 is 19.5 Å². The minimum absolute atomic E-state index is 0.151. The Bertz CT molecular complexity index is 416. The van der Waals surface area contributed by atoms with Crippen LogP contribution in [0.3, 0.4) is 0 Å². The van der Waals surface area contributed by atoms with Crippen molar-refractivity contribution in [2.75, 3.05) is 33.5 Å². The number of hydrogen-bond acceptors (Lipinski definition) is 5. The summed E-state index contributed by atoms with van der Waals surface area (Å²) in [4.78, 5) is 15.9. The number of nitrogens with one attached hydrogen (secondary N) is 1. The first kappa shape index (κ1) is 14.7. The number of pyridine rings is 1. The number of aromatic nitrogens is 1. The lowest BCUT2D eigenvalue weighted by molar-refractivity contribution is 0.0237. The van der Waals surface area contributed by atoms with Gasteiger partial charge in [-0.15, -0.1) is 0 Å². The third kappa shape index (κ3) is 4.47. The quantitative estimate of drug-likeness (QED) is 0.788. The molecule has 20 heavy (non-hydrogen) atoms. The van der Waals surface area contributed by atoms with Crippen LogP contribution in [-0.4, -0.2) is 50.5 Å². The highest BCUT2D eigenvalue weighted by atomic mass is 16.5. The number of carbonyl (C=O) groups is 1. The van der Waals surface area contributed by atoms with Gasteiger partial charge in [-0.3, -0.25) is 4.79 Å². The number of ether oxygens (including phenoxy) is 3. The molecule has 0 spiro atoms. The lowest BCUT2D eigenvalue weighted by atomic mass is 10.1. The summed E-state index contributed by atoms with van der Waals surface area (Å²) < 4.78 is 15.9. The Morgan fingerprint density at radius 2 is 2.25 bits per heavy atom. The number of hydrogen-bond donors (Lipinski definition) is 1. The Kier molecular flexibility index (Phi) is 5.76. The molecule has 6 heteroatoms. The molecule has 1 aromatic heterocycles. The van der Waals surface area contributed by atoms with Crippen molar-refractivity contribution in [3.63, 3.8) is 0 Å². The van der Waals surface area contributed by atoms with Crippen LogP contribution in [0.1, 0.15) is 23.2 Å². The maximum atomic E-state index is 11.8. The number of carbonyl (C=O) groups excluding carboxylic acids is 1. The summed E-state index contributed by atoms with van der Waals surface area (Å²) >= 11 is 0. The lowest BCUT2D eigenvalue weighted by Gasteiger charge is -2.22. The van der Waals surface area contributed by atoms with Gasteiger partial charge in [-0.1, -0.05) is 0 Å². The molecule has 2 rings (SSSR count). The second-order valence-corrected chi connectivity index (χ2v) is 4.56. The van der Waals surface area contributed by atoms with Gasteiger partial charge in [0.25, 0.3) is 5.91 Å². The fourth-order valence-corrected chi connectivity index (χ4v) is 1.92. The minimum Gasteiger partial charge on any atom is -0.474 e. The van der Waals surface area contributed by atoms with E-state index in [-0.39, 0.29) is 12.0 Å². The summed E-state index contributed by atoms with van der Waals surface area (Å²) in [5.41, 5.74) is 0.514. The highest BCUT2D eigenvalue weighted by Gasteiger charge is 2.16. The van der Waals surface area contributed by atoms with Gasteiger partial charge in [-0.2, -0.15) is 0 Å². The fraction of sp³-hybridized carbons (Fsp3) is 0.571. The molecule has 1 amide bonds. The molecule has 6 nitrogen and oxygen atoms in total. The zero-order chi connectivity index (χ0) is 14.2. The van der Waals surface area contributed by atoms with Gasteiger partial charge >= 0.3 is 0 Å². The van der Waals surface area contributed by atoms with Gasteiger partial charge in [0.15, 0.2) is 0 Å². The standard InChI is InChI=1S/C14H20N2O4/c1-18-9-6-15-14(17)11-2-3-13(16-10-11)20-12-4-7-19-8-5-12/h2-3,10,12H,4-9H2,1H3,(H,15,17). The van der Waals surface area contributed by atoms with Gasteiger partial charge in [-0.25, -0.2) is 4.98 Å². The summed E-state index contributed by atoms with van der Waals surface area (Å²) in [5, 5.41) is 2.74. The van der Waals surface area contributed by atoms with Crippen molar-refractivity contribution in [2.45, 2.75) is 18.9 Å². The average molecular weight is 280 g/mol. The van der Waals surface area contributed by atoms with E-state index in [4.69, 9.17) is 14.2 Å². The van der Waals surface area contributed by atoms with Crippen LogP contribution in [0, 0.1) is 0 Å². The normalized spacial score (nSPS) is 15.8. The van der Waals surface area contributed by atoms with Gasteiger partial charge in [0.05, 0.1) is 25.4 Å². The molecule has 0 aliphatic carbocycles. The van der Waals surface area contributed by atoms with E-state index in [0.29, 0.717) is 24.6 Å². The van der Waals surface area contributed by atoms with Crippen LogP contribution >= 0.6 is 0 Å². The van der Waals surface area contributed by atoms with Crippen LogP contribution in [-0.2, 0) is 9.47 Å². The smallest absolute Gasteiger partial charge is 0.252 e.